The van der Waals surface area contributed by atoms with Crippen molar-refractivity contribution < 1.29 is 8.42 Å². The predicted molar refractivity (Wildman–Crippen MR) is 73.5 cm³/mol. The van der Waals surface area contributed by atoms with E-state index in [0.717, 1.165) is 24.1 Å². The van der Waals surface area contributed by atoms with E-state index in [2.05, 4.69) is 12.1 Å². The summed E-state index contributed by atoms with van der Waals surface area (Å²) in [5.41, 5.74) is 3.17. The first-order valence-corrected chi connectivity index (χ1v) is 8.09. The maximum atomic E-state index is 12.3. The van der Waals surface area contributed by atoms with Crippen LogP contribution in [-0.2, 0) is 10.0 Å². The molecule has 0 radical (unpaired) electrons. The van der Waals surface area contributed by atoms with E-state index in [1.165, 1.54) is 22.7 Å². The highest BCUT2D eigenvalue weighted by atomic mass is 32.2. The molecule has 0 aromatic heterocycles. The first kappa shape index (κ1) is 12.0. The Balaban J connectivity index is 1.97. The summed E-state index contributed by atoms with van der Waals surface area (Å²) in [6.07, 6.45) is 4.10. The number of anilines is 1. The summed E-state index contributed by atoms with van der Waals surface area (Å²) in [4.78, 5) is 0. The van der Waals surface area contributed by atoms with Crippen LogP contribution in [0.5, 0.6) is 0 Å². The number of hydrogen-bond acceptors (Lipinski definition) is 2. The van der Waals surface area contributed by atoms with Gasteiger partial charge in [-0.1, -0.05) is 12.1 Å². The zero-order chi connectivity index (χ0) is 12.9. The lowest BCUT2D eigenvalue weighted by molar-refractivity contribution is 0.593. The van der Waals surface area contributed by atoms with E-state index in [9.17, 15) is 8.42 Å². The summed E-state index contributed by atoms with van der Waals surface area (Å²) in [6.45, 7) is 1.98. The summed E-state index contributed by atoms with van der Waals surface area (Å²) >= 11 is 0. The third-order valence-electron chi connectivity index (χ3n) is 3.95. The highest BCUT2D eigenvalue weighted by Gasteiger charge is 2.39. The van der Waals surface area contributed by atoms with Crippen molar-refractivity contribution in [1.29, 1.82) is 0 Å². The fourth-order valence-electron chi connectivity index (χ4n) is 2.36. The van der Waals surface area contributed by atoms with Gasteiger partial charge in [-0.2, -0.15) is 0 Å². The molecule has 2 saturated carbocycles. The third-order valence-corrected chi connectivity index (χ3v) is 6.22. The Morgan fingerprint density at radius 3 is 2.39 bits per heavy atom. The van der Waals surface area contributed by atoms with Gasteiger partial charge in [-0.05, 0) is 55.7 Å². The van der Waals surface area contributed by atoms with Gasteiger partial charge in [-0.25, -0.2) is 8.42 Å². The van der Waals surface area contributed by atoms with Crippen molar-refractivity contribution in [2.45, 2.75) is 43.8 Å². The Kier molecular flexibility index (Phi) is 2.66. The third kappa shape index (κ3) is 2.03. The van der Waals surface area contributed by atoms with Gasteiger partial charge in [0.15, 0.2) is 0 Å². The molecule has 0 N–H and O–H groups in total. The van der Waals surface area contributed by atoms with Gasteiger partial charge >= 0.3 is 0 Å². The second kappa shape index (κ2) is 3.98. The summed E-state index contributed by atoms with van der Waals surface area (Å²) in [5.74, 6) is 0.654. The summed E-state index contributed by atoms with van der Waals surface area (Å²) in [7, 11) is -1.44. The number of rotatable bonds is 4. The fraction of sp³-hybridized carbons (Fsp3) is 0.571. The SMILES string of the molecule is Cc1ccc(C2CC2)cc1N(C)S(=O)(=O)C1CC1. The second-order valence-electron chi connectivity index (χ2n) is 5.53. The number of hydrogen-bond donors (Lipinski definition) is 0. The molecule has 2 aliphatic carbocycles. The van der Waals surface area contributed by atoms with Crippen LogP contribution in [0.4, 0.5) is 5.69 Å². The number of aryl methyl sites for hydroxylation is 1. The van der Waals surface area contributed by atoms with Crippen molar-refractivity contribution >= 4 is 15.7 Å². The normalized spacial score (nSPS) is 19.9. The molecule has 1 aromatic carbocycles. The topological polar surface area (TPSA) is 37.4 Å². The Morgan fingerprint density at radius 2 is 1.83 bits per heavy atom. The minimum absolute atomic E-state index is 0.147. The van der Waals surface area contributed by atoms with Gasteiger partial charge in [0.2, 0.25) is 10.0 Å². The van der Waals surface area contributed by atoms with Gasteiger partial charge < -0.3 is 0 Å². The molecule has 0 amide bonds. The lowest BCUT2D eigenvalue weighted by atomic mass is 10.1. The minimum Gasteiger partial charge on any atom is -0.273 e. The van der Waals surface area contributed by atoms with Crippen molar-refractivity contribution in [3.8, 4) is 0 Å². The first-order chi connectivity index (χ1) is 8.50. The molecule has 3 rings (SSSR count). The molecule has 0 atom stereocenters. The molecular weight excluding hydrogens is 246 g/mol. The lowest BCUT2D eigenvalue weighted by Crippen LogP contribution is -2.30. The van der Waals surface area contributed by atoms with Crippen molar-refractivity contribution in [3.63, 3.8) is 0 Å². The van der Waals surface area contributed by atoms with E-state index < -0.39 is 10.0 Å². The molecule has 18 heavy (non-hydrogen) atoms. The van der Waals surface area contributed by atoms with Crippen LogP contribution in [0, 0.1) is 6.92 Å². The van der Waals surface area contributed by atoms with Gasteiger partial charge in [0, 0.05) is 7.05 Å². The van der Waals surface area contributed by atoms with E-state index in [4.69, 9.17) is 0 Å². The molecule has 0 saturated heterocycles. The van der Waals surface area contributed by atoms with Crippen LogP contribution in [0.2, 0.25) is 0 Å². The van der Waals surface area contributed by atoms with E-state index in [1.807, 2.05) is 13.0 Å². The zero-order valence-corrected chi connectivity index (χ0v) is 11.7. The zero-order valence-electron chi connectivity index (χ0n) is 10.9. The molecule has 2 fully saturated rings. The average molecular weight is 265 g/mol. The number of benzene rings is 1. The average Bonchev–Trinajstić information content (AvgIpc) is 3.19. The fourth-order valence-corrected chi connectivity index (χ4v) is 4.01. The molecular formula is C14H19NO2S. The van der Waals surface area contributed by atoms with E-state index >= 15 is 0 Å². The molecule has 3 nitrogen and oxygen atoms in total. The molecule has 1 aromatic rings. The molecule has 0 spiro atoms. The van der Waals surface area contributed by atoms with Crippen molar-refractivity contribution in [2.75, 3.05) is 11.4 Å². The molecule has 4 heteroatoms. The summed E-state index contributed by atoms with van der Waals surface area (Å²) < 4.78 is 26.0. The van der Waals surface area contributed by atoms with Gasteiger partial charge in [-0.3, -0.25) is 4.31 Å². The van der Waals surface area contributed by atoms with Crippen LogP contribution in [0.1, 0.15) is 42.7 Å². The van der Waals surface area contributed by atoms with Crippen LogP contribution in [0.25, 0.3) is 0 Å². The summed E-state index contributed by atoms with van der Waals surface area (Å²) in [6, 6.07) is 6.24. The molecule has 0 aliphatic heterocycles. The smallest absolute Gasteiger partial charge is 0.237 e. The van der Waals surface area contributed by atoms with Crippen LogP contribution in [0.3, 0.4) is 0 Å². The summed E-state index contributed by atoms with van der Waals surface area (Å²) in [5, 5.41) is -0.147. The van der Waals surface area contributed by atoms with Crippen LogP contribution in [0.15, 0.2) is 18.2 Å². The van der Waals surface area contributed by atoms with Crippen LogP contribution in [-0.4, -0.2) is 20.7 Å². The van der Waals surface area contributed by atoms with Gasteiger partial charge in [0.25, 0.3) is 0 Å². The Hall–Kier alpha value is -1.03. The van der Waals surface area contributed by atoms with Gasteiger partial charge in [-0.15, -0.1) is 0 Å². The lowest BCUT2D eigenvalue weighted by Gasteiger charge is -2.22. The Labute approximate surface area is 109 Å². The monoisotopic (exact) mass is 265 g/mol. The first-order valence-electron chi connectivity index (χ1n) is 6.58. The second-order valence-corrected chi connectivity index (χ2v) is 7.78. The Morgan fingerprint density at radius 1 is 1.17 bits per heavy atom. The highest BCUT2D eigenvalue weighted by Crippen LogP contribution is 2.42. The van der Waals surface area contributed by atoms with Gasteiger partial charge in [0.05, 0.1) is 10.9 Å². The highest BCUT2D eigenvalue weighted by molar-refractivity contribution is 7.93. The molecule has 98 valence electrons. The quantitative estimate of drug-likeness (QED) is 0.839. The van der Waals surface area contributed by atoms with E-state index in [1.54, 1.807) is 7.05 Å². The van der Waals surface area contributed by atoms with E-state index in [0.29, 0.717) is 5.92 Å². The van der Waals surface area contributed by atoms with Gasteiger partial charge in [0.1, 0.15) is 0 Å². The molecule has 2 aliphatic rings. The maximum Gasteiger partial charge on any atom is 0.237 e. The van der Waals surface area contributed by atoms with Crippen LogP contribution >= 0.6 is 0 Å². The number of sulfonamides is 1. The Bertz CT molecular complexity index is 571. The molecule has 0 unspecified atom stereocenters. The predicted octanol–water partition coefficient (Wildman–Crippen LogP) is 2.80. The van der Waals surface area contributed by atoms with Crippen LogP contribution < -0.4 is 4.31 Å². The van der Waals surface area contributed by atoms with E-state index in [-0.39, 0.29) is 5.25 Å². The van der Waals surface area contributed by atoms with Crippen molar-refractivity contribution in [1.82, 2.24) is 0 Å². The van der Waals surface area contributed by atoms with Crippen molar-refractivity contribution in [2.24, 2.45) is 0 Å². The molecule has 0 heterocycles. The largest absolute Gasteiger partial charge is 0.273 e. The maximum absolute atomic E-state index is 12.3. The van der Waals surface area contributed by atoms with Crippen molar-refractivity contribution in [3.05, 3.63) is 29.3 Å². The minimum atomic E-state index is -3.13. The standard InChI is InChI=1S/C14H19NO2S/c1-10-3-4-12(11-5-6-11)9-14(10)15(2)18(16,17)13-7-8-13/h3-4,9,11,13H,5-8H2,1-2H3. The number of nitrogens with zero attached hydrogens (tertiary/aromatic N) is 1. The molecule has 0 bridgehead atoms.